The van der Waals surface area contributed by atoms with Crippen LogP contribution in [0.3, 0.4) is 0 Å². The van der Waals surface area contributed by atoms with Crippen molar-refractivity contribution in [3.05, 3.63) is 72.1 Å². The lowest BCUT2D eigenvalue weighted by Crippen LogP contribution is -2.34. The van der Waals surface area contributed by atoms with E-state index in [4.69, 9.17) is 4.52 Å². The molecule has 0 radical (unpaired) electrons. The van der Waals surface area contributed by atoms with Crippen molar-refractivity contribution in [1.82, 2.24) is 15.5 Å². The molecule has 0 aliphatic heterocycles. The number of hydrogen-bond acceptors (Lipinski definition) is 5. The van der Waals surface area contributed by atoms with Gasteiger partial charge in [0.2, 0.25) is 17.6 Å². The summed E-state index contributed by atoms with van der Waals surface area (Å²) in [6, 6.07) is 20.1. The van der Waals surface area contributed by atoms with Crippen LogP contribution in [-0.2, 0) is 17.0 Å². The number of thioether (sulfide) groups is 1. The van der Waals surface area contributed by atoms with Gasteiger partial charge in [0.1, 0.15) is 0 Å². The molecule has 3 rings (SSSR count). The Labute approximate surface area is 163 Å². The van der Waals surface area contributed by atoms with E-state index in [0.717, 1.165) is 18.4 Å². The standard InChI is InChI=1S/C21H23N3O2S/c1-16(12-13-17-8-4-2-5-9-17)22-19(25)14-27-15-20-23-21(24-26-20)18-10-6-3-7-11-18/h2-11,16H,12-15H2,1H3,(H,22,25). The second-order valence-electron chi connectivity index (χ2n) is 6.36. The zero-order valence-corrected chi connectivity index (χ0v) is 16.1. The molecule has 6 heteroatoms. The fourth-order valence-electron chi connectivity index (χ4n) is 2.67. The van der Waals surface area contributed by atoms with Crippen LogP contribution in [0, 0.1) is 0 Å². The highest BCUT2D eigenvalue weighted by Gasteiger charge is 2.11. The summed E-state index contributed by atoms with van der Waals surface area (Å²) in [6.45, 7) is 2.04. The quantitative estimate of drug-likeness (QED) is 0.604. The van der Waals surface area contributed by atoms with Gasteiger partial charge in [0, 0.05) is 11.6 Å². The monoisotopic (exact) mass is 381 g/mol. The fourth-order valence-corrected chi connectivity index (χ4v) is 3.33. The van der Waals surface area contributed by atoms with Crippen LogP contribution < -0.4 is 5.32 Å². The van der Waals surface area contributed by atoms with E-state index >= 15 is 0 Å². The number of nitrogens with zero attached hydrogens (tertiary/aromatic N) is 2. The first-order valence-corrected chi connectivity index (χ1v) is 10.1. The lowest BCUT2D eigenvalue weighted by atomic mass is 10.1. The van der Waals surface area contributed by atoms with Crippen molar-refractivity contribution in [2.75, 3.05) is 5.75 Å². The molecule has 0 bridgehead atoms. The van der Waals surface area contributed by atoms with Gasteiger partial charge in [-0.15, -0.1) is 11.8 Å². The van der Waals surface area contributed by atoms with Gasteiger partial charge in [0.25, 0.3) is 0 Å². The summed E-state index contributed by atoms with van der Waals surface area (Å²) < 4.78 is 5.26. The topological polar surface area (TPSA) is 68.0 Å². The molecule has 1 aromatic heterocycles. The molecular weight excluding hydrogens is 358 g/mol. The molecule has 140 valence electrons. The number of hydrogen-bond donors (Lipinski definition) is 1. The maximum Gasteiger partial charge on any atom is 0.236 e. The lowest BCUT2D eigenvalue weighted by Gasteiger charge is -2.13. The number of benzene rings is 2. The summed E-state index contributed by atoms with van der Waals surface area (Å²) in [5, 5.41) is 7.03. The molecule has 0 fully saturated rings. The Morgan fingerprint density at radius 3 is 2.56 bits per heavy atom. The smallest absolute Gasteiger partial charge is 0.236 e. The highest BCUT2D eigenvalue weighted by Crippen LogP contribution is 2.17. The van der Waals surface area contributed by atoms with Crippen LogP contribution in [-0.4, -0.2) is 27.8 Å². The molecule has 0 spiro atoms. The van der Waals surface area contributed by atoms with Gasteiger partial charge in [0.15, 0.2) is 0 Å². The molecule has 1 unspecified atom stereocenters. The largest absolute Gasteiger partial charge is 0.353 e. The van der Waals surface area contributed by atoms with Crippen molar-refractivity contribution in [2.24, 2.45) is 0 Å². The first-order chi connectivity index (χ1) is 13.2. The molecule has 0 saturated heterocycles. The van der Waals surface area contributed by atoms with Gasteiger partial charge in [0.05, 0.1) is 11.5 Å². The van der Waals surface area contributed by atoms with E-state index in [1.165, 1.54) is 17.3 Å². The number of carbonyl (C=O) groups is 1. The van der Waals surface area contributed by atoms with Crippen LogP contribution in [0.5, 0.6) is 0 Å². The SMILES string of the molecule is CC(CCc1ccccc1)NC(=O)CSCc1nc(-c2ccccc2)no1. The van der Waals surface area contributed by atoms with Crippen LogP contribution in [0.25, 0.3) is 11.4 Å². The van der Waals surface area contributed by atoms with E-state index in [-0.39, 0.29) is 11.9 Å². The molecule has 0 saturated carbocycles. The van der Waals surface area contributed by atoms with Crippen molar-refractivity contribution in [3.8, 4) is 11.4 Å². The number of aromatic nitrogens is 2. The highest BCUT2D eigenvalue weighted by atomic mass is 32.2. The van der Waals surface area contributed by atoms with Crippen LogP contribution in [0.4, 0.5) is 0 Å². The van der Waals surface area contributed by atoms with Crippen molar-refractivity contribution < 1.29 is 9.32 Å². The third-order valence-corrected chi connectivity index (χ3v) is 4.99. The van der Waals surface area contributed by atoms with E-state index < -0.39 is 0 Å². The average molecular weight is 382 g/mol. The van der Waals surface area contributed by atoms with Gasteiger partial charge in [-0.05, 0) is 25.3 Å². The second kappa shape index (κ2) is 9.92. The highest BCUT2D eigenvalue weighted by molar-refractivity contribution is 7.99. The summed E-state index contributed by atoms with van der Waals surface area (Å²) in [5.74, 6) is 2.03. The van der Waals surface area contributed by atoms with Crippen LogP contribution in [0.2, 0.25) is 0 Å². The summed E-state index contributed by atoms with van der Waals surface area (Å²) in [5.41, 5.74) is 2.21. The van der Waals surface area contributed by atoms with E-state index in [1.807, 2.05) is 55.5 Å². The molecule has 1 atom stereocenters. The molecule has 5 nitrogen and oxygen atoms in total. The van der Waals surface area contributed by atoms with Gasteiger partial charge in [-0.3, -0.25) is 4.79 Å². The molecule has 1 N–H and O–H groups in total. The third kappa shape index (κ3) is 6.25. The Bertz CT molecular complexity index is 837. The van der Waals surface area contributed by atoms with Gasteiger partial charge in [-0.1, -0.05) is 65.8 Å². The van der Waals surface area contributed by atoms with Gasteiger partial charge < -0.3 is 9.84 Å². The van der Waals surface area contributed by atoms with E-state index in [0.29, 0.717) is 23.2 Å². The average Bonchev–Trinajstić information content (AvgIpc) is 3.17. The molecule has 1 amide bonds. The van der Waals surface area contributed by atoms with Crippen molar-refractivity contribution in [1.29, 1.82) is 0 Å². The molecule has 3 aromatic rings. The third-order valence-electron chi connectivity index (χ3n) is 4.08. The number of aryl methyl sites for hydroxylation is 1. The zero-order valence-electron chi connectivity index (χ0n) is 15.3. The Balaban J connectivity index is 1.36. The Morgan fingerprint density at radius 1 is 1.11 bits per heavy atom. The summed E-state index contributed by atoms with van der Waals surface area (Å²) in [6.07, 6.45) is 1.88. The van der Waals surface area contributed by atoms with Gasteiger partial charge in [-0.2, -0.15) is 4.98 Å². The molecule has 27 heavy (non-hydrogen) atoms. The van der Waals surface area contributed by atoms with E-state index in [2.05, 4.69) is 27.6 Å². The first kappa shape index (κ1) is 19.2. The van der Waals surface area contributed by atoms with Gasteiger partial charge in [-0.25, -0.2) is 0 Å². The van der Waals surface area contributed by atoms with E-state index in [1.54, 1.807) is 0 Å². The number of rotatable bonds is 9. The molecular formula is C21H23N3O2S. The Kier molecular flexibility index (Phi) is 7.04. The van der Waals surface area contributed by atoms with Gasteiger partial charge >= 0.3 is 0 Å². The van der Waals surface area contributed by atoms with E-state index in [9.17, 15) is 4.79 Å². The number of carbonyl (C=O) groups excluding carboxylic acids is 1. The van der Waals surface area contributed by atoms with Crippen LogP contribution in [0.1, 0.15) is 24.8 Å². The fraction of sp³-hybridized carbons (Fsp3) is 0.286. The number of amides is 1. The molecule has 0 aliphatic carbocycles. The van der Waals surface area contributed by atoms with Crippen molar-refractivity contribution in [3.63, 3.8) is 0 Å². The lowest BCUT2D eigenvalue weighted by molar-refractivity contribution is -0.119. The molecule has 1 heterocycles. The Morgan fingerprint density at radius 2 is 1.81 bits per heavy atom. The maximum atomic E-state index is 12.1. The van der Waals surface area contributed by atoms with Crippen molar-refractivity contribution >= 4 is 17.7 Å². The Hall–Kier alpha value is -2.60. The number of nitrogens with one attached hydrogen (secondary N) is 1. The summed E-state index contributed by atoms with van der Waals surface area (Å²) >= 11 is 1.47. The predicted molar refractivity (Wildman–Crippen MR) is 108 cm³/mol. The first-order valence-electron chi connectivity index (χ1n) is 9.00. The maximum absolute atomic E-state index is 12.1. The summed E-state index contributed by atoms with van der Waals surface area (Å²) in [7, 11) is 0. The second-order valence-corrected chi connectivity index (χ2v) is 7.35. The minimum absolute atomic E-state index is 0.0309. The summed E-state index contributed by atoms with van der Waals surface area (Å²) in [4.78, 5) is 16.5. The predicted octanol–water partition coefficient (Wildman–Crippen LogP) is 4.11. The normalized spacial score (nSPS) is 11.9. The van der Waals surface area contributed by atoms with Crippen LogP contribution >= 0.6 is 11.8 Å². The minimum Gasteiger partial charge on any atom is -0.353 e. The van der Waals surface area contributed by atoms with Crippen molar-refractivity contribution in [2.45, 2.75) is 31.6 Å². The minimum atomic E-state index is 0.0309. The van der Waals surface area contributed by atoms with Crippen LogP contribution in [0.15, 0.2) is 65.2 Å². The molecule has 0 aliphatic rings. The zero-order chi connectivity index (χ0) is 18.9. The molecule has 2 aromatic carbocycles.